The predicted octanol–water partition coefficient (Wildman–Crippen LogP) is 2.81. The summed E-state index contributed by atoms with van der Waals surface area (Å²) in [5.41, 5.74) is 6.97. The second-order valence-corrected chi connectivity index (χ2v) is 5.21. The number of nitrogens with zero attached hydrogens (tertiary/aromatic N) is 2. The minimum Gasteiger partial charge on any atom is -0.383 e. The molecule has 15 heavy (non-hydrogen) atoms. The number of hydrogen-bond acceptors (Lipinski definition) is 3. The third-order valence-corrected chi connectivity index (χ3v) is 3.24. The van der Waals surface area contributed by atoms with E-state index in [1.807, 2.05) is 0 Å². The van der Waals surface area contributed by atoms with Gasteiger partial charge in [-0.05, 0) is 41.4 Å². The molecule has 0 spiro atoms. The zero-order valence-corrected chi connectivity index (χ0v) is 11.7. The largest absolute Gasteiger partial charge is 0.383 e. The number of aromatic nitrogens is 2. The molecule has 0 unspecified atom stereocenters. The Hall–Kier alpha value is -0.390. The van der Waals surface area contributed by atoms with Crippen molar-refractivity contribution >= 4 is 28.4 Å². The van der Waals surface area contributed by atoms with Crippen LogP contribution in [0.4, 0.5) is 5.82 Å². The first-order chi connectivity index (χ1) is 7.04. The molecular weight excluding hydrogens is 301 g/mol. The maximum Gasteiger partial charge on any atom is 0.140 e. The second-order valence-electron chi connectivity index (χ2n) is 4.13. The van der Waals surface area contributed by atoms with Gasteiger partial charge in [0.15, 0.2) is 0 Å². The Kier molecular flexibility index (Phi) is 4.76. The van der Waals surface area contributed by atoms with Gasteiger partial charge in [0.05, 0.1) is 9.26 Å². The smallest absolute Gasteiger partial charge is 0.140 e. The van der Waals surface area contributed by atoms with Gasteiger partial charge < -0.3 is 5.73 Å². The van der Waals surface area contributed by atoms with Crippen LogP contribution < -0.4 is 5.73 Å². The highest BCUT2D eigenvalue weighted by Gasteiger charge is 2.10. The van der Waals surface area contributed by atoms with Crippen molar-refractivity contribution in [1.82, 2.24) is 9.97 Å². The van der Waals surface area contributed by atoms with Crippen molar-refractivity contribution < 1.29 is 0 Å². The molecule has 0 aromatic carbocycles. The first-order valence-electron chi connectivity index (χ1n) is 5.35. The van der Waals surface area contributed by atoms with Gasteiger partial charge in [0.2, 0.25) is 0 Å². The Morgan fingerprint density at radius 3 is 2.53 bits per heavy atom. The van der Waals surface area contributed by atoms with Crippen LogP contribution in [0.3, 0.4) is 0 Å². The Morgan fingerprint density at radius 2 is 2.00 bits per heavy atom. The molecule has 0 saturated heterocycles. The summed E-state index contributed by atoms with van der Waals surface area (Å²) in [5.74, 6) is 2.11. The molecule has 1 rings (SSSR count). The number of nitrogens with two attached hydrogens (primary N) is 1. The van der Waals surface area contributed by atoms with Gasteiger partial charge in [0.1, 0.15) is 11.6 Å². The van der Waals surface area contributed by atoms with E-state index in [1.54, 1.807) is 0 Å². The highest BCUT2D eigenvalue weighted by atomic mass is 127. The van der Waals surface area contributed by atoms with Gasteiger partial charge in [-0.2, -0.15) is 0 Å². The van der Waals surface area contributed by atoms with Crippen LogP contribution in [-0.2, 0) is 12.8 Å². The third kappa shape index (κ3) is 3.59. The van der Waals surface area contributed by atoms with E-state index in [0.29, 0.717) is 11.7 Å². The molecule has 4 heteroatoms. The van der Waals surface area contributed by atoms with E-state index in [2.05, 4.69) is 53.3 Å². The highest BCUT2D eigenvalue weighted by Crippen LogP contribution is 2.19. The van der Waals surface area contributed by atoms with Crippen molar-refractivity contribution in [3.05, 3.63) is 15.1 Å². The second kappa shape index (κ2) is 5.63. The van der Waals surface area contributed by atoms with Gasteiger partial charge in [-0.1, -0.05) is 20.8 Å². The number of hydrogen-bond donors (Lipinski definition) is 1. The Balaban J connectivity index is 3.01. The normalized spacial score (nSPS) is 11.0. The molecule has 1 aromatic rings. The molecule has 0 aliphatic carbocycles. The molecule has 0 fully saturated rings. The standard InChI is InChI=1S/C11H18IN3/c1-4-5-9-14-8(6-7(2)3)10(12)11(13)15-9/h7H,4-6H2,1-3H3,(H2,13,14,15). The molecule has 0 saturated carbocycles. The van der Waals surface area contributed by atoms with Crippen LogP contribution in [0.1, 0.15) is 38.7 Å². The zero-order chi connectivity index (χ0) is 11.4. The lowest BCUT2D eigenvalue weighted by Gasteiger charge is -2.10. The summed E-state index contributed by atoms with van der Waals surface area (Å²) in [7, 11) is 0. The first kappa shape index (κ1) is 12.7. The molecule has 0 atom stereocenters. The Labute approximate surface area is 105 Å². The topological polar surface area (TPSA) is 51.8 Å². The fourth-order valence-electron chi connectivity index (χ4n) is 1.42. The minimum absolute atomic E-state index is 0.599. The van der Waals surface area contributed by atoms with Gasteiger partial charge in [-0.25, -0.2) is 9.97 Å². The maximum absolute atomic E-state index is 5.87. The summed E-state index contributed by atoms with van der Waals surface area (Å²) in [6.07, 6.45) is 2.94. The summed E-state index contributed by atoms with van der Waals surface area (Å²) in [6, 6.07) is 0. The van der Waals surface area contributed by atoms with Gasteiger partial charge in [0, 0.05) is 6.42 Å². The van der Waals surface area contributed by atoms with E-state index in [9.17, 15) is 0 Å². The monoisotopic (exact) mass is 319 g/mol. The number of rotatable bonds is 4. The summed E-state index contributed by atoms with van der Waals surface area (Å²) in [4.78, 5) is 8.85. The van der Waals surface area contributed by atoms with Crippen molar-refractivity contribution in [2.24, 2.45) is 5.92 Å². The van der Waals surface area contributed by atoms with Crippen LogP contribution in [0.15, 0.2) is 0 Å². The lowest BCUT2D eigenvalue weighted by Crippen LogP contribution is -2.09. The average molecular weight is 319 g/mol. The summed E-state index contributed by atoms with van der Waals surface area (Å²) < 4.78 is 1.01. The van der Waals surface area contributed by atoms with Gasteiger partial charge in [-0.15, -0.1) is 0 Å². The van der Waals surface area contributed by atoms with E-state index in [0.717, 1.165) is 34.4 Å². The molecule has 0 amide bonds. The number of halogens is 1. The minimum atomic E-state index is 0.599. The van der Waals surface area contributed by atoms with Crippen LogP contribution in [0.2, 0.25) is 0 Å². The van der Waals surface area contributed by atoms with Crippen molar-refractivity contribution in [2.75, 3.05) is 5.73 Å². The fraction of sp³-hybridized carbons (Fsp3) is 0.636. The Morgan fingerprint density at radius 1 is 1.33 bits per heavy atom. The Bertz CT molecular complexity index is 337. The van der Waals surface area contributed by atoms with Crippen LogP contribution in [0.5, 0.6) is 0 Å². The molecule has 1 heterocycles. The molecule has 0 radical (unpaired) electrons. The maximum atomic E-state index is 5.87. The summed E-state index contributed by atoms with van der Waals surface area (Å²) >= 11 is 2.23. The van der Waals surface area contributed by atoms with E-state index in [-0.39, 0.29) is 0 Å². The lowest BCUT2D eigenvalue weighted by molar-refractivity contribution is 0.627. The number of anilines is 1. The zero-order valence-electron chi connectivity index (χ0n) is 9.55. The summed E-state index contributed by atoms with van der Waals surface area (Å²) in [5, 5.41) is 0. The van der Waals surface area contributed by atoms with E-state index >= 15 is 0 Å². The summed E-state index contributed by atoms with van der Waals surface area (Å²) in [6.45, 7) is 6.50. The predicted molar refractivity (Wildman–Crippen MR) is 71.7 cm³/mol. The molecule has 84 valence electrons. The number of aryl methyl sites for hydroxylation is 1. The van der Waals surface area contributed by atoms with Crippen LogP contribution in [-0.4, -0.2) is 9.97 Å². The molecular formula is C11H18IN3. The van der Waals surface area contributed by atoms with E-state index in [4.69, 9.17) is 5.73 Å². The molecule has 0 aliphatic rings. The SMILES string of the molecule is CCCc1nc(N)c(I)c(CC(C)C)n1. The first-order valence-corrected chi connectivity index (χ1v) is 6.43. The van der Waals surface area contributed by atoms with Crippen molar-refractivity contribution in [3.8, 4) is 0 Å². The molecule has 2 N–H and O–H groups in total. The van der Waals surface area contributed by atoms with E-state index in [1.165, 1.54) is 0 Å². The van der Waals surface area contributed by atoms with Crippen LogP contribution in [0.25, 0.3) is 0 Å². The molecule has 0 bridgehead atoms. The van der Waals surface area contributed by atoms with E-state index < -0.39 is 0 Å². The number of nitrogen functional groups attached to an aromatic ring is 1. The molecule has 1 aromatic heterocycles. The van der Waals surface area contributed by atoms with Gasteiger partial charge >= 0.3 is 0 Å². The average Bonchev–Trinajstić information content (AvgIpc) is 2.13. The van der Waals surface area contributed by atoms with Crippen LogP contribution in [0, 0.1) is 9.49 Å². The van der Waals surface area contributed by atoms with Crippen LogP contribution >= 0.6 is 22.6 Å². The van der Waals surface area contributed by atoms with Crippen molar-refractivity contribution in [2.45, 2.75) is 40.0 Å². The van der Waals surface area contributed by atoms with Gasteiger partial charge in [0.25, 0.3) is 0 Å². The van der Waals surface area contributed by atoms with Gasteiger partial charge in [-0.3, -0.25) is 0 Å². The quantitative estimate of drug-likeness (QED) is 0.868. The third-order valence-electron chi connectivity index (χ3n) is 2.07. The van der Waals surface area contributed by atoms with Crippen molar-refractivity contribution in [1.29, 1.82) is 0 Å². The highest BCUT2D eigenvalue weighted by molar-refractivity contribution is 14.1. The molecule has 0 aliphatic heterocycles. The lowest BCUT2D eigenvalue weighted by atomic mass is 10.1. The molecule has 3 nitrogen and oxygen atoms in total. The van der Waals surface area contributed by atoms with Crippen molar-refractivity contribution in [3.63, 3.8) is 0 Å². The fourth-order valence-corrected chi connectivity index (χ4v) is 1.88.